The van der Waals surface area contributed by atoms with Gasteiger partial charge in [-0.25, -0.2) is 4.98 Å². The summed E-state index contributed by atoms with van der Waals surface area (Å²) in [6.45, 7) is 9.32. The third kappa shape index (κ3) is 6.03. The van der Waals surface area contributed by atoms with Gasteiger partial charge in [-0.1, -0.05) is 19.9 Å². The summed E-state index contributed by atoms with van der Waals surface area (Å²) in [5.74, 6) is 0.707. The predicted molar refractivity (Wildman–Crippen MR) is 77.6 cm³/mol. The Labute approximate surface area is 116 Å². The Kier molecular flexibility index (Phi) is 8.18. The van der Waals surface area contributed by atoms with E-state index in [1.54, 1.807) is 6.20 Å². The van der Waals surface area contributed by atoms with Gasteiger partial charge in [-0.2, -0.15) is 0 Å². The smallest absolute Gasteiger partial charge is 0.218 e. The molecule has 0 spiro atoms. The molecule has 19 heavy (non-hydrogen) atoms. The van der Waals surface area contributed by atoms with Gasteiger partial charge in [0.05, 0.1) is 6.61 Å². The van der Waals surface area contributed by atoms with Gasteiger partial charge < -0.3 is 14.8 Å². The van der Waals surface area contributed by atoms with E-state index in [-0.39, 0.29) is 6.04 Å². The van der Waals surface area contributed by atoms with Gasteiger partial charge in [-0.15, -0.1) is 0 Å². The molecule has 1 heterocycles. The summed E-state index contributed by atoms with van der Waals surface area (Å²) in [7, 11) is 0. The highest BCUT2D eigenvalue weighted by atomic mass is 16.5. The normalized spacial score (nSPS) is 12.4. The van der Waals surface area contributed by atoms with Crippen LogP contribution in [0.4, 0.5) is 0 Å². The zero-order valence-corrected chi connectivity index (χ0v) is 12.3. The minimum atomic E-state index is 0.250. The van der Waals surface area contributed by atoms with Crippen molar-refractivity contribution in [3.63, 3.8) is 0 Å². The second-order valence-corrected chi connectivity index (χ2v) is 4.53. The van der Waals surface area contributed by atoms with Gasteiger partial charge in [0.2, 0.25) is 5.88 Å². The molecular weight excluding hydrogens is 240 g/mol. The number of aromatic nitrogens is 1. The van der Waals surface area contributed by atoms with Crippen LogP contribution in [-0.4, -0.2) is 31.3 Å². The average molecular weight is 266 g/mol. The van der Waals surface area contributed by atoms with Crippen LogP contribution in [0.2, 0.25) is 0 Å². The lowest BCUT2D eigenvalue weighted by Crippen LogP contribution is -2.20. The molecule has 1 unspecified atom stereocenters. The van der Waals surface area contributed by atoms with E-state index in [1.807, 2.05) is 6.07 Å². The lowest BCUT2D eigenvalue weighted by atomic mass is 10.1. The van der Waals surface area contributed by atoms with E-state index in [1.165, 1.54) is 0 Å². The summed E-state index contributed by atoms with van der Waals surface area (Å²) in [4.78, 5) is 4.31. The fourth-order valence-corrected chi connectivity index (χ4v) is 1.77. The molecule has 0 fully saturated rings. The predicted octanol–water partition coefficient (Wildman–Crippen LogP) is 2.95. The number of nitrogens with one attached hydrogen (secondary N) is 1. The third-order valence-electron chi connectivity index (χ3n) is 2.78. The lowest BCUT2D eigenvalue weighted by molar-refractivity contribution is 0.0984. The van der Waals surface area contributed by atoms with Crippen molar-refractivity contribution in [2.24, 2.45) is 0 Å². The Morgan fingerprint density at radius 2 is 2.05 bits per heavy atom. The molecule has 1 N–H and O–H groups in total. The first-order chi connectivity index (χ1) is 9.29. The van der Waals surface area contributed by atoms with Crippen molar-refractivity contribution in [1.82, 2.24) is 10.3 Å². The van der Waals surface area contributed by atoms with Gasteiger partial charge in [-0.3, -0.25) is 0 Å². The van der Waals surface area contributed by atoms with E-state index in [9.17, 15) is 0 Å². The zero-order valence-electron chi connectivity index (χ0n) is 12.3. The van der Waals surface area contributed by atoms with Crippen molar-refractivity contribution in [2.45, 2.75) is 39.7 Å². The number of rotatable bonds is 10. The maximum atomic E-state index is 5.71. The van der Waals surface area contributed by atoms with Crippen LogP contribution in [0.1, 0.15) is 45.2 Å². The summed E-state index contributed by atoms with van der Waals surface area (Å²) in [6.07, 6.45) is 3.91. The van der Waals surface area contributed by atoms with Gasteiger partial charge >= 0.3 is 0 Å². The topological polar surface area (TPSA) is 43.4 Å². The fraction of sp³-hybridized carbons (Fsp3) is 0.667. The van der Waals surface area contributed by atoms with Crippen LogP contribution < -0.4 is 10.1 Å². The summed E-state index contributed by atoms with van der Waals surface area (Å²) in [5, 5.41) is 3.45. The van der Waals surface area contributed by atoms with Crippen molar-refractivity contribution < 1.29 is 9.47 Å². The standard InChI is InChI=1S/C15H26N2O2/c1-4-8-16-13(3)14-7-6-9-17-15(14)19-12-11-18-10-5-2/h6-7,9,13,16H,4-5,8,10-12H2,1-3H3. The molecule has 108 valence electrons. The largest absolute Gasteiger partial charge is 0.475 e. The van der Waals surface area contributed by atoms with Gasteiger partial charge in [0.25, 0.3) is 0 Å². The van der Waals surface area contributed by atoms with Gasteiger partial charge in [0.1, 0.15) is 6.61 Å². The van der Waals surface area contributed by atoms with Crippen LogP contribution in [0.25, 0.3) is 0 Å². The van der Waals surface area contributed by atoms with Crippen molar-refractivity contribution in [1.29, 1.82) is 0 Å². The number of ether oxygens (including phenoxy) is 2. The van der Waals surface area contributed by atoms with Crippen LogP contribution in [-0.2, 0) is 4.74 Å². The first-order valence-corrected chi connectivity index (χ1v) is 7.18. The molecule has 0 radical (unpaired) electrons. The van der Waals surface area contributed by atoms with Gasteiger partial charge in [0, 0.05) is 24.4 Å². The summed E-state index contributed by atoms with van der Waals surface area (Å²) in [6, 6.07) is 4.25. The molecule has 0 saturated carbocycles. The van der Waals surface area contributed by atoms with Crippen LogP contribution in [0, 0.1) is 0 Å². The van der Waals surface area contributed by atoms with E-state index in [0.29, 0.717) is 19.1 Å². The molecular formula is C15H26N2O2. The second kappa shape index (κ2) is 9.75. The Morgan fingerprint density at radius 1 is 1.21 bits per heavy atom. The summed E-state index contributed by atoms with van der Waals surface area (Å²) in [5.41, 5.74) is 1.10. The van der Waals surface area contributed by atoms with Gasteiger partial charge in [0.15, 0.2) is 0 Å². The van der Waals surface area contributed by atoms with Crippen molar-refractivity contribution >= 4 is 0 Å². The maximum Gasteiger partial charge on any atom is 0.218 e. The van der Waals surface area contributed by atoms with Crippen LogP contribution in [0.5, 0.6) is 5.88 Å². The van der Waals surface area contributed by atoms with E-state index in [0.717, 1.165) is 31.6 Å². The molecule has 4 heteroatoms. The molecule has 1 atom stereocenters. The average Bonchev–Trinajstić information content (AvgIpc) is 2.45. The van der Waals surface area contributed by atoms with Crippen molar-refractivity contribution in [3.8, 4) is 5.88 Å². The molecule has 4 nitrogen and oxygen atoms in total. The lowest BCUT2D eigenvalue weighted by Gasteiger charge is -2.17. The van der Waals surface area contributed by atoms with Crippen molar-refractivity contribution in [3.05, 3.63) is 23.9 Å². The quantitative estimate of drug-likeness (QED) is 0.661. The van der Waals surface area contributed by atoms with Crippen molar-refractivity contribution in [2.75, 3.05) is 26.4 Å². The minimum Gasteiger partial charge on any atom is -0.475 e. The molecule has 0 aliphatic carbocycles. The summed E-state index contributed by atoms with van der Waals surface area (Å²) >= 11 is 0. The highest BCUT2D eigenvalue weighted by Crippen LogP contribution is 2.22. The SMILES string of the molecule is CCCNC(C)c1cccnc1OCCOCCC. The fourth-order valence-electron chi connectivity index (χ4n) is 1.77. The Balaban J connectivity index is 2.47. The molecule has 1 rings (SSSR count). The number of hydrogen-bond acceptors (Lipinski definition) is 4. The highest BCUT2D eigenvalue weighted by Gasteiger charge is 2.11. The molecule has 1 aromatic heterocycles. The van der Waals surface area contributed by atoms with E-state index in [4.69, 9.17) is 9.47 Å². The van der Waals surface area contributed by atoms with E-state index in [2.05, 4.69) is 37.1 Å². The van der Waals surface area contributed by atoms with E-state index < -0.39 is 0 Å². The monoisotopic (exact) mass is 266 g/mol. The Hall–Kier alpha value is -1.13. The second-order valence-electron chi connectivity index (χ2n) is 4.53. The number of hydrogen-bond donors (Lipinski definition) is 1. The van der Waals surface area contributed by atoms with Crippen LogP contribution in [0.3, 0.4) is 0 Å². The third-order valence-corrected chi connectivity index (χ3v) is 2.78. The van der Waals surface area contributed by atoms with E-state index >= 15 is 0 Å². The highest BCUT2D eigenvalue weighted by molar-refractivity contribution is 5.28. The summed E-state index contributed by atoms with van der Waals surface area (Å²) < 4.78 is 11.1. The molecule has 0 amide bonds. The molecule has 1 aromatic rings. The Bertz CT molecular complexity index is 345. The first kappa shape index (κ1) is 15.9. The zero-order chi connectivity index (χ0) is 13.9. The molecule has 0 aromatic carbocycles. The van der Waals surface area contributed by atoms with Crippen LogP contribution in [0.15, 0.2) is 18.3 Å². The first-order valence-electron chi connectivity index (χ1n) is 7.18. The molecule has 0 aliphatic heterocycles. The minimum absolute atomic E-state index is 0.250. The molecule has 0 saturated heterocycles. The number of pyridine rings is 1. The van der Waals surface area contributed by atoms with Gasteiger partial charge in [-0.05, 0) is 32.4 Å². The molecule has 0 aliphatic rings. The number of nitrogens with zero attached hydrogens (tertiary/aromatic N) is 1. The molecule has 0 bridgehead atoms. The maximum absolute atomic E-state index is 5.71. The Morgan fingerprint density at radius 3 is 2.79 bits per heavy atom. The van der Waals surface area contributed by atoms with Crippen LogP contribution >= 0.6 is 0 Å².